The van der Waals surface area contributed by atoms with Crippen LogP contribution in [0, 0.1) is 0 Å². The highest BCUT2D eigenvalue weighted by atomic mass is 16.5. The molecular formula is C37H38N2O4. The molecule has 4 aromatic carbocycles. The number of fused-ring (bicyclic) bond motifs is 1. The lowest BCUT2D eigenvalue weighted by molar-refractivity contribution is -0.130. The van der Waals surface area contributed by atoms with Crippen LogP contribution in [0.3, 0.4) is 0 Å². The van der Waals surface area contributed by atoms with Gasteiger partial charge in [-0.2, -0.15) is 0 Å². The van der Waals surface area contributed by atoms with E-state index in [1.54, 1.807) is 14.2 Å². The second-order valence-corrected chi connectivity index (χ2v) is 11.1. The molecule has 1 atom stereocenters. The Hall–Kier alpha value is -4.71. The van der Waals surface area contributed by atoms with Gasteiger partial charge in [0.05, 0.1) is 14.2 Å². The molecule has 5 aromatic rings. The van der Waals surface area contributed by atoms with E-state index in [0.29, 0.717) is 31.1 Å². The van der Waals surface area contributed by atoms with Crippen LogP contribution < -0.4 is 14.2 Å². The predicted molar refractivity (Wildman–Crippen MR) is 170 cm³/mol. The summed E-state index contributed by atoms with van der Waals surface area (Å²) in [5, 5.41) is 1.15. The monoisotopic (exact) mass is 574 g/mol. The highest BCUT2D eigenvalue weighted by molar-refractivity contribution is 5.87. The maximum atomic E-state index is 13.6. The minimum atomic E-state index is -0.146. The summed E-state index contributed by atoms with van der Waals surface area (Å²) in [6.45, 7) is 2.83. The highest BCUT2D eigenvalue weighted by Crippen LogP contribution is 2.39. The van der Waals surface area contributed by atoms with Crippen LogP contribution >= 0.6 is 0 Å². The van der Waals surface area contributed by atoms with E-state index in [4.69, 9.17) is 14.2 Å². The molecule has 0 spiro atoms. The van der Waals surface area contributed by atoms with Crippen molar-refractivity contribution in [3.8, 4) is 17.2 Å². The highest BCUT2D eigenvalue weighted by Gasteiger charge is 2.27. The zero-order valence-corrected chi connectivity index (χ0v) is 24.9. The van der Waals surface area contributed by atoms with Gasteiger partial charge in [0.15, 0.2) is 11.5 Å². The van der Waals surface area contributed by atoms with Crippen molar-refractivity contribution in [3.63, 3.8) is 0 Å². The second-order valence-electron chi connectivity index (χ2n) is 11.1. The number of likely N-dealkylation sites (tertiary alicyclic amines) is 1. The summed E-state index contributed by atoms with van der Waals surface area (Å²) in [6, 6.07) is 32.8. The minimum Gasteiger partial charge on any atom is -0.497 e. The van der Waals surface area contributed by atoms with Crippen molar-refractivity contribution in [1.82, 2.24) is 9.47 Å². The first kappa shape index (κ1) is 28.4. The summed E-state index contributed by atoms with van der Waals surface area (Å²) >= 11 is 0. The summed E-state index contributed by atoms with van der Waals surface area (Å²) in [4.78, 5) is 15.6. The lowest BCUT2D eigenvalue weighted by Crippen LogP contribution is -2.29. The van der Waals surface area contributed by atoms with Gasteiger partial charge in [-0.1, -0.05) is 66.7 Å². The maximum Gasteiger partial charge on any atom is 0.223 e. The smallest absolute Gasteiger partial charge is 0.223 e. The van der Waals surface area contributed by atoms with Crippen molar-refractivity contribution in [2.24, 2.45) is 0 Å². The number of nitrogens with zero attached hydrogens (tertiary/aromatic N) is 2. The third-order valence-corrected chi connectivity index (χ3v) is 8.37. The molecule has 6 rings (SSSR count). The molecule has 1 aliphatic heterocycles. The van der Waals surface area contributed by atoms with Crippen LogP contribution in [0.15, 0.2) is 103 Å². The van der Waals surface area contributed by atoms with E-state index in [0.717, 1.165) is 59.3 Å². The number of aromatic nitrogens is 1. The Morgan fingerprint density at radius 2 is 1.53 bits per heavy atom. The number of ether oxygens (including phenoxy) is 3. The first-order valence-electron chi connectivity index (χ1n) is 15.0. The second kappa shape index (κ2) is 13.1. The average Bonchev–Trinajstić information content (AvgIpc) is 3.73. The molecule has 1 saturated heterocycles. The first-order valence-corrected chi connectivity index (χ1v) is 15.0. The summed E-state index contributed by atoms with van der Waals surface area (Å²) in [6.07, 6.45) is 4.75. The zero-order chi connectivity index (χ0) is 29.6. The molecule has 0 bridgehead atoms. The normalized spacial score (nSPS) is 13.7. The molecule has 0 N–H and O–H groups in total. The molecule has 0 radical (unpaired) electrons. The largest absolute Gasteiger partial charge is 0.497 e. The standard InChI is InChI=1S/C37H38N2O4/c1-41-30-17-14-27(15-18-30)24-39-25-33(31-12-6-7-13-34(31)39)32(23-37(40)38-20-8-9-21-38)29-16-19-35(36(22-29)42-2)43-26-28-10-4-3-5-11-28/h3-7,10-19,22,25,32H,8-9,20-21,23-24,26H2,1-2H3/t32-/m1/s1. The van der Waals surface area contributed by atoms with E-state index in [2.05, 4.69) is 53.2 Å². The Bertz CT molecular complexity index is 1670. The van der Waals surface area contributed by atoms with Crippen molar-refractivity contribution in [2.45, 2.75) is 38.3 Å². The molecule has 0 saturated carbocycles. The van der Waals surface area contributed by atoms with Gasteiger partial charge in [-0.15, -0.1) is 0 Å². The number of rotatable bonds is 11. The van der Waals surface area contributed by atoms with E-state index in [1.807, 2.05) is 59.5 Å². The van der Waals surface area contributed by atoms with Gasteiger partial charge in [-0.3, -0.25) is 4.79 Å². The van der Waals surface area contributed by atoms with Gasteiger partial charge in [-0.25, -0.2) is 0 Å². The van der Waals surface area contributed by atoms with E-state index in [9.17, 15) is 4.79 Å². The number of carbonyl (C=O) groups is 1. The van der Waals surface area contributed by atoms with Gasteiger partial charge >= 0.3 is 0 Å². The Labute approximate surface area is 253 Å². The van der Waals surface area contributed by atoms with Crippen LogP contribution in [-0.2, 0) is 17.9 Å². The fourth-order valence-corrected chi connectivity index (χ4v) is 6.04. The molecule has 6 nitrogen and oxygen atoms in total. The Morgan fingerprint density at radius 3 is 2.28 bits per heavy atom. The summed E-state index contributed by atoms with van der Waals surface area (Å²) < 4.78 is 19.6. The fraction of sp³-hybridized carbons (Fsp3) is 0.270. The minimum absolute atomic E-state index is 0.146. The molecule has 0 unspecified atom stereocenters. The van der Waals surface area contributed by atoms with Gasteiger partial charge in [0.25, 0.3) is 0 Å². The fourth-order valence-electron chi connectivity index (χ4n) is 6.04. The van der Waals surface area contributed by atoms with E-state index < -0.39 is 0 Å². The summed E-state index contributed by atoms with van der Waals surface area (Å²) in [5.41, 5.74) is 5.58. The van der Waals surface area contributed by atoms with Crippen LogP contribution in [0.1, 0.15) is 47.4 Å². The molecule has 1 fully saturated rings. The zero-order valence-electron chi connectivity index (χ0n) is 24.9. The number of amides is 1. The average molecular weight is 575 g/mol. The third-order valence-electron chi connectivity index (χ3n) is 8.37. The molecule has 1 amide bonds. The molecule has 43 heavy (non-hydrogen) atoms. The van der Waals surface area contributed by atoms with Crippen LogP contribution in [0.2, 0.25) is 0 Å². The van der Waals surface area contributed by atoms with Gasteiger partial charge in [-0.05, 0) is 65.4 Å². The number of hydrogen-bond donors (Lipinski definition) is 0. The Kier molecular flexibility index (Phi) is 8.64. The van der Waals surface area contributed by atoms with E-state index >= 15 is 0 Å². The van der Waals surface area contributed by atoms with Gasteiger partial charge in [0.1, 0.15) is 12.4 Å². The van der Waals surface area contributed by atoms with Crippen LogP contribution in [0.5, 0.6) is 17.2 Å². The summed E-state index contributed by atoms with van der Waals surface area (Å²) in [5.74, 6) is 2.23. The number of methoxy groups -OCH3 is 2. The number of carbonyl (C=O) groups excluding carboxylic acids is 1. The third kappa shape index (κ3) is 6.38. The van der Waals surface area contributed by atoms with Gasteiger partial charge in [0.2, 0.25) is 5.91 Å². The quantitative estimate of drug-likeness (QED) is 0.165. The van der Waals surface area contributed by atoms with Crippen LogP contribution in [0.25, 0.3) is 10.9 Å². The molecule has 6 heteroatoms. The van der Waals surface area contributed by atoms with E-state index in [1.165, 1.54) is 5.56 Å². The Balaban J connectivity index is 1.37. The number of para-hydroxylation sites is 1. The lowest BCUT2D eigenvalue weighted by Gasteiger charge is -2.22. The molecule has 0 aliphatic carbocycles. The molecule has 220 valence electrons. The molecule has 1 aromatic heterocycles. The molecular weight excluding hydrogens is 536 g/mol. The van der Waals surface area contributed by atoms with Crippen molar-refractivity contribution >= 4 is 16.8 Å². The van der Waals surface area contributed by atoms with E-state index in [-0.39, 0.29) is 11.8 Å². The topological polar surface area (TPSA) is 52.9 Å². The predicted octanol–water partition coefficient (Wildman–Crippen LogP) is 7.43. The number of benzene rings is 4. The molecule has 1 aliphatic rings. The SMILES string of the molecule is COc1ccc(Cn2cc([C@H](CC(=O)N3CCCC3)c3ccc(OCc4ccccc4)c(OC)c3)c3ccccc32)cc1. The number of hydrogen-bond acceptors (Lipinski definition) is 4. The van der Waals surface area contributed by atoms with Crippen molar-refractivity contribution in [1.29, 1.82) is 0 Å². The van der Waals surface area contributed by atoms with Gasteiger partial charge < -0.3 is 23.7 Å². The van der Waals surface area contributed by atoms with Crippen LogP contribution in [0.4, 0.5) is 0 Å². The van der Waals surface area contributed by atoms with Crippen LogP contribution in [-0.4, -0.2) is 42.7 Å². The first-order chi connectivity index (χ1) is 21.1. The summed E-state index contributed by atoms with van der Waals surface area (Å²) in [7, 11) is 3.35. The molecule has 2 heterocycles. The maximum absolute atomic E-state index is 13.6. The van der Waals surface area contributed by atoms with Gasteiger partial charge in [0, 0.05) is 49.1 Å². The lowest BCUT2D eigenvalue weighted by atomic mass is 9.87. The Morgan fingerprint density at radius 1 is 0.791 bits per heavy atom. The van der Waals surface area contributed by atoms with Crippen molar-refractivity contribution in [3.05, 3.63) is 126 Å². The van der Waals surface area contributed by atoms with Crippen molar-refractivity contribution < 1.29 is 19.0 Å². The van der Waals surface area contributed by atoms with Crippen molar-refractivity contribution in [2.75, 3.05) is 27.3 Å².